The largest absolute Gasteiger partial charge is 0.493 e. The van der Waals surface area contributed by atoms with Gasteiger partial charge in [-0.2, -0.15) is 0 Å². The van der Waals surface area contributed by atoms with Gasteiger partial charge in [0.05, 0.1) is 25.6 Å². The minimum atomic E-state index is 0.0481. The van der Waals surface area contributed by atoms with Gasteiger partial charge in [0.15, 0.2) is 11.5 Å². The number of carbonyl (C=O) groups is 1. The Kier molecular flexibility index (Phi) is 6.14. The van der Waals surface area contributed by atoms with Crippen molar-refractivity contribution in [3.8, 4) is 11.5 Å². The Morgan fingerprint density at radius 2 is 1.71 bits per heavy atom. The molecular formula is C23H26N2O3. The van der Waals surface area contributed by atoms with E-state index < -0.39 is 0 Å². The highest BCUT2D eigenvalue weighted by molar-refractivity contribution is 5.86. The number of para-hydroxylation sites is 3. The maximum atomic E-state index is 12.7. The second-order valence-electron chi connectivity index (χ2n) is 6.81. The van der Waals surface area contributed by atoms with Crippen LogP contribution in [0.2, 0.25) is 0 Å². The molecule has 0 atom stereocenters. The summed E-state index contributed by atoms with van der Waals surface area (Å²) < 4.78 is 11.1. The van der Waals surface area contributed by atoms with Gasteiger partial charge in [-0.15, -0.1) is 0 Å². The minimum absolute atomic E-state index is 0.0481. The first kappa shape index (κ1) is 19.7. The SMILES string of the molecule is COc1ccccc1OCCN(C)C(=O)Cc1c(C)nc2ccccc2c1C. The molecule has 2 aromatic carbocycles. The predicted octanol–water partition coefficient (Wildman–Crippen LogP) is 3.94. The number of benzene rings is 2. The van der Waals surface area contributed by atoms with Crippen LogP contribution in [0.4, 0.5) is 0 Å². The molecule has 0 N–H and O–H groups in total. The Hall–Kier alpha value is -3.08. The van der Waals surface area contributed by atoms with Gasteiger partial charge < -0.3 is 14.4 Å². The number of fused-ring (bicyclic) bond motifs is 1. The molecule has 0 saturated heterocycles. The molecule has 5 nitrogen and oxygen atoms in total. The number of amides is 1. The van der Waals surface area contributed by atoms with Crippen LogP contribution >= 0.6 is 0 Å². The van der Waals surface area contributed by atoms with Crippen LogP contribution in [0, 0.1) is 13.8 Å². The molecule has 28 heavy (non-hydrogen) atoms. The van der Waals surface area contributed by atoms with Crippen molar-refractivity contribution in [3.63, 3.8) is 0 Å². The lowest BCUT2D eigenvalue weighted by molar-refractivity contribution is -0.129. The first-order chi connectivity index (χ1) is 13.5. The molecule has 0 spiro atoms. The summed E-state index contributed by atoms with van der Waals surface area (Å²) in [5, 5.41) is 1.10. The van der Waals surface area contributed by atoms with Gasteiger partial charge in [0.2, 0.25) is 5.91 Å². The fourth-order valence-corrected chi connectivity index (χ4v) is 3.27. The van der Waals surface area contributed by atoms with E-state index in [2.05, 4.69) is 18.0 Å². The number of hydrogen-bond acceptors (Lipinski definition) is 4. The van der Waals surface area contributed by atoms with E-state index in [9.17, 15) is 4.79 Å². The number of methoxy groups -OCH3 is 1. The number of ether oxygens (including phenoxy) is 2. The van der Waals surface area contributed by atoms with Crippen LogP contribution in [0.5, 0.6) is 11.5 Å². The molecule has 146 valence electrons. The van der Waals surface area contributed by atoms with Crippen molar-refractivity contribution in [2.45, 2.75) is 20.3 Å². The Bertz CT molecular complexity index is 985. The van der Waals surface area contributed by atoms with E-state index in [1.807, 2.05) is 49.4 Å². The van der Waals surface area contributed by atoms with E-state index in [-0.39, 0.29) is 5.91 Å². The third-order valence-electron chi connectivity index (χ3n) is 4.99. The Labute approximate surface area is 165 Å². The summed E-state index contributed by atoms with van der Waals surface area (Å²) in [5.41, 5.74) is 3.99. The molecular weight excluding hydrogens is 352 g/mol. The number of aryl methyl sites for hydroxylation is 2. The molecule has 3 aromatic rings. The van der Waals surface area contributed by atoms with E-state index in [0.717, 1.165) is 27.7 Å². The Morgan fingerprint density at radius 3 is 2.46 bits per heavy atom. The van der Waals surface area contributed by atoms with Crippen molar-refractivity contribution in [3.05, 3.63) is 65.4 Å². The highest BCUT2D eigenvalue weighted by atomic mass is 16.5. The molecule has 5 heteroatoms. The van der Waals surface area contributed by atoms with Crippen LogP contribution in [0.1, 0.15) is 16.8 Å². The van der Waals surface area contributed by atoms with E-state index >= 15 is 0 Å². The second kappa shape index (κ2) is 8.74. The number of rotatable bonds is 7. The lowest BCUT2D eigenvalue weighted by atomic mass is 9.99. The second-order valence-corrected chi connectivity index (χ2v) is 6.81. The first-order valence-electron chi connectivity index (χ1n) is 9.36. The molecule has 0 aliphatic carbocycles. The Balaban J connectivity index is 1.64. The first-order valence-corrected chi connectivity index (χ1v) is 9.36. The van der Waals surface area contributed by atoms with Crippen molar-refractivity contribution < 1.29 is 14.3 Å². The summed E-state index contributed by atoms with van der Waals surface area (Å²) in [6.45, 7) is 4.92. The minimum Gasteiger partial charge on any atom is -0.493 e. The Morgan fingerprint density at radius 1 is 1.04 bits per heavy atom. The molecule has 0 aliphatic heterocycles. The van der Waals surface area contributed by atoms with Crippen LogP contribution in [-0.2, 0) is 11.2 Å². The van der Waals surface area contributed by atoms with Crippen molar-refractivity contribution >= 4 is 16.8 Å². The molecule has 0 aliphatic rings. The third-order valence-corrected chi connectivity index (χ3v) is 4.99. The van der Waals surface area contributed by atoms with Gasteiger partial charge in [-0.25, -0.2) is 0 Å². The zero-order chi connectivity index (χ0) is 20.1. The van der Waals surface area contributed by atoms with Crippen LogP contribution in [0.25, 0.3) is 10.9 Å². The number of carbonyl (C=O) groups excluding carboxylic acids is 1. The number of likely N-dealkylation sites (N-methyl/N-ethyl adjacent to an activating group) is 1. The molecule has 0 saturated carbocycles. The fourth-order valence-electron chi connectivity index (χ4n) is 3.27. The molecule has 0 radical (unpaired) electrons. The molecule has 0 bridgehead atoms. The van der Waals surface area contributed by atoms with Crippen LogP contribution in [0.3, 0.4) is 0 Å². The maximum Gasteiger partial charge on any atom is 0.226 e. The summed E-state index contributed by atoms with van der Waals surface area (Å²) >= 11 is 0. The number of nitrogens with zero attached hydrogens (tertiary/aromatic N) is 2. The molecule has 1 heterocycles. The third kappa shape index (κ3) is 4.25. The average Bonchev–Trinajstić information content (AvgIpc) is 2.71. The lowest BCUT2D eigenvalue weighted by Gasteiger charge is -2.20. The summed E-state index contributed by atoms with van der Waals surface area (Å²) in [6, 6.07) is 15.5. The number of aromatic nitrogens is 1. The summed E-state index contributed by atoms with van der Waals surface area (Å²) in [7, 11) is 3.41. The molecule has 3 rings (SSSR count). The van der Waals surface area contributed by atoms with Crippen molar-refractivity contribution in [2.24, 2.45) is 0 Å². The maximum absolute atomic E-state index is 12.7. The monoisotopic (exact) mass is 378 g/mol. The lowest BCUT2D eigenvalue weighted by Crippen LogP contribution is -2.32. The van der Waals surface area contributed by atoms with Gasteiger partial charge in [0.1, 0.15) is 6.61 Å². The van der Waals surface area contributed by atoms with Gasteiger partial charge in [-0.3, -0.25) is 9.78 Å². The zero-order valence-electron chi connectivity index (χ0n) is 16.9. The van der Waals surface area contributed by atoms with Crippen LogP contribution < -0.4 is 9.47 Å². The van der Waals surface area contributed by atoms with E-state index in [4.69, 9.17) is 9.47 Å². The molecule has 0 fully saturated rings. The van der Waals surface area contributed by atoms with Gasteiger partial charge in [0.25, 0.3) is 0 Å². The van der Waals surface area contributed by atoms with Crippen molar-refractivity contribution in [2.75, 3.05) is 27.3 Å². The highest BCUT2D eigenvalue weighted by Gasteiger charge is 2.16. The zero-order valence-corrected chi connectivity index (χ0v) is 16.9. The number of pyridine rings is 1. The van der Waals surface area contributed by atoms with Gasteiger partial charge in [-0.05, 0) is 43.2 Å². The van der Waals surface area contributed by atoms with Crippen molar-refractivity contribution in [1.29, 1.82) is 0 Å². The van der Waals surface area contributed by atoms with Gasteiger partial charge >= 0.3 is 0 Å². The van der Waals surface area contributed by atoms with E-state index in [0.29, 0.717) is 31.1 Å². The average molecular weight is 378 g/mol. The quantitative estimate of drug-likeness (QED) is 0.625. The molecule has 1 aromatic heterocycles. The summed E-state index contributed by atoms with van der Waals surface area (Å²) in [6.07, 6.45) is 0.334. The van der Waals surface area contributed by atoms with Gasteiger partial charge in [-0.1, -0.05) is 30.3 Å². The topological polar surface area (TPSA) is 51.7 Å². The van der Waals surface area contributed by atoms with Crippen molar-refractivity contribution in [1.82, 2.24) is 9.88 Å². The standard InChI is InChI=1S/C23H26N2O3/c1-16-18-9-5-6-10-20(18)24-17(2)19(16)15-23(26)25(3)13-14-28-22-12-8-7-11-21(22)27-4/h5-12H,13-15H2,1-4H3. The van der Waals surface area contributed by atoms with Gasteiger partial charge in [0, 0.05) is 18.1 Å². The summed E-state index contributed by atoms with van der Waals surface area (Å²) in [5.74, 6) is 1.41. The van der Waals surface area contributed by atoms with Crippen LogP contribution in [-0.4, -0.2) is 43.1 Å². The molecule has 0 unspecified atom stereocenters. The fraction of sp³-hybridized carbons (Fsp3) is 0.304. The smallest absolute Gasteiger partial charge is 0.226 e. The normalized spacial score (nSPS) is 10.7. The summed E-state index contributed by atoms with van der Waals surface area (Å²) in [4.78, 5) is 19.1. The highest BCUT2D eigenvalue weighted by Crippen LogP contribution is 2.26. The molecule has 1 amide bonds. The predicted molar refractivity (Wildman–Crippen MR) is 111 cm³/mol. The van der Waals surface area contributed by atoms with E-state index in [1.165, 1.54) is 0 Å². The van der Waals surface area contributed by atoms with E-state index in [1.54, 1.807) is 19.1 Å². The number of hydrogen-bond donors (Lipinski definition) is 0. The van der Waals surface area contributed by atoms with Crippen LogP contribution in [0.15, 0.2) is 48.5 Å².